The van der Waals surface area contributed by atoms with Crippen LogP contribution in [0, 0.1) is 0 Å². The van der Waals surface area contributed by atoms with E-state index in [0.29, 0.717) is 0 Å². The quantitative estimate of drug-likeness (QED) is 0.186. The van der Waals surface area contributed by atoms with Crippen molar-refractivity contribution < 1.29 is 4.42 Å². The zero-order chi connectivity index (χ0) is 33.5. The van der Waals surface area contributed by atoms with Crippen molar-refractivity contribution in [3.8, 4) is 33.6 Å². The molecule has 11 aromatic rings. The number of hydrogen-bond donors (Lipinski definition) is 0. The van der Waals surface area contributed by atoms with Gasteiger partial charge in [0.2, 0.25) is 0 Å². The van der Waals surface area contributed by atoms with Crippen LogP contribution in [0.4, 0.5) is 0 Å². The molecule has 8 aromatic carbocycles. The highest BCUT2D eigenvalue weighted by molar-refractivity contribution is 6.26. The third kappa shape index (κ3) is 4.19. The van der Waals surface area contributed by atoms with Crippen LogP contribution in [0.1, 0.15) is 0 Å². The minimum atomic E-state index is 0.892. The maximum absolute atomic E-state index is 6.36. The molecule has 3 heteroatoms. The third-order valence-corrected chi connectivity index (χ3v) is 10.5. The number of nitrogens with zero attached hydrogens (tertiary/aromatic N) is 2. The molecule has 3 heterocycles. The molecule has 3 nitrogen and oxygen atoms in total. The maximum Gasteiger partial charge on any atom is 0.137 e. The molecule has 0 unspecified atom stereocenters. The van der Waals surface area contributed by atoms with Crippen LogP contribution >= 0.6 is 0 Å². The Kier molecular flexibility index (Phi) is 5.96. The highest BCUT2D eigenvalue weighted by atomic mass is 16.3. The number of fused-ring (bicyclic) bond motifs is 10. The second-order valence-corrected chi connectivity index (χ2v) is 13.3. The molecular weight excluding hydrogens is 621 g/mol. The molecule has 0 fully saturated rings. The van der Waals surface area contributed by atoms with Gasteiger partial charge in [0.1, 0.15) is 11.2 Å². The molecule has 0 atom stereocenters. The molecule has 0 aliphatic rings. The second kappa shape index (κ2) is 10.8. The molecule has 3 aromatic heterocycles. The first-order valence-electron chi connectivity index (χ1n) is 17.4. The van der Waals surface area contributed by atoms with E-state index < -0.39 is 0 Å². The topological polar surface area (TPSA) is 23.0 Å². The Labute approximate surface area is 293 Å². The number of rotatable bonds is 4. The van der Waals surface area contributed by atoms with Crippen molar-refractivity contribution in [2.45, 2.75) is 0 Å². The van der Waals surface area contributed by atoms with E-state index in [1.54, 1.807) is 0 Å². The number of furan rings is 1. The summed E-state index contributed by atoms with van der Waals surface area (Å²) in [5.41, 5.74) is 13.6. The van der Waals surface area contributed by atoms with Crippen molar-refractivity contribution in [3.05, 3.63) is 182 Å². The molecule has 0 bridgehead atoms. The van der Waals surface area contributed by atoms with E-state index in [0.717, 1.165) is 38.8 Å². The summed E-state index contributed by atoms with van der Waals surface area (Å²) in [6, 6.07) is 65.5. The molecule has 0 saturated carbocycles. The van der Waals surface area contributed by atoms with Crippen molar-refractivity contribution in [1.82, 2.24) is 9.13 Å². The number of hydrogen-bond acceptors (Lipinski definition) is 1. The highest BCUT2D eigenvalue weighted by Gasteiger charge is 2.21. The van der Waals surface area contributed by atoms with Crippen LogP contribution in [0.2, 0.25) is 0 Å². The first-order valence-corrected chi connectivity index (χ1v) is 17.4. The normalized spacial score (nSPS) is 11.9. The average Bonchev–Trinajstić information content (AvgIpc) is 3.85. The third-order valence-electron chi connectivity index (χ3n) is 10.5. The van der Waals surface area contributed by atoms with Crippen LogP contribution in [0.5, 0.6) is 0 Å². The Hall–Kier alpha value is -6.84. The zero-order valence-corrected chi connectivity index (χ0v) is 27.6. The van der Waals surface area contributed by atoms with Crippen LogP contribution in [-0.2, 0) is 0 Å². The van der Waals surface area contributed by atoms with Gasteiger partial charge < -0.3 is 13.6 Å². The summed E-state index contributed by atoms with van der Waals surface area (Å²) in [5.74, 6) is 0. The van der Waals surface area contributed by atoms with Gasteiger partial charge >= 0.3 is 0 Å². The summed E-state index contributed by atoms with van der Waals surface area (Å²) in [6.45, 7) is 0. The van der Waals surface area contributed by atoms with E-state index in [1.165, 1.54) is 60.3 Å². The Balaban J connectivity index is 1.16. The van der Waals surface area contributed by atoms with E-state index in [-0.39, 0.29) is 0 Å². The fourth-order valence-electron chi connectivity index (χ4n) is 8.22. The summed E-state index contributed by atoms with van der Waals surface area (Å²) >= 11 is 0. The van der Waals surface area contributed by atoms with Gasteiger partial charge in [-0.1, -0.05) is 127 Å². The summed E-state index contributed by atoms with van der Waals surface area (Å²) < 4.78 is 11.2. The van der Waals surface area contributed by atoms with Crippen molar-refractivity contribution in [2.75, 3.05) is 0 Å². The Morgan fingerprint density at radius 1 is 0.314 bits per heavy atom. The number of aromatic nitrogens is 2. The lowest BCUT2D eigenvalue weighted by atomic mass is 10.00. The maximum atomic E-state index is 6.36. The van der Waals surface area contributed by atoms with Gasteiger partial charge in [-0.05, 0) is 70.8 Å². The lowest BCUT2D eigenvalue weighted by Gasteiger charge is -2.12. The zero-order valence-electron chi connectivity index (χ0n) is 27.6. The molecule has 238 valence electrons. The van der Waals surface area contributed by atoms with Crippen molar-refractivity contribution in [3.63, 3.8) is 0 Å². The van der Waals surface area contributed by atoms with E-state index in [1.807, 2.05) is 12.1 Å². The summed E-state index contributed by atoms with van der Waals surface area (Å²) in [6.07, 6.45) is 0. The van der Waals surface area contributed by atoms with Gasteiger partial charge in [0, 0.05) is 49.8 Å². The van der Waals surface area contributed by atoms with Crippen LogP contribution in [-0.4, -0.2) is 9.13 Å². The van der Waals surface area contributed by atoms with Gasteiger partial charge in [-0.3, -0.25) is 0 Å². The molecular formula is C48H30N2O. The fourth-order valence-corrected chi connectivity index (χ4v) is 8.22. The lowest BCUT2D eigenvalue weighted by Crippen LogP contribution is -1.96. The Morgan fingerprint density at radius 3 is 1.73 bits per heavy atom. The Morgan fingerprint density at radius 2 is 0.902 bits per heavy atom. The largest absolute Gasteiger partial charge is 0.456 e. The Bertz CT molecular complexity index is 3120. The average molecular weight is 651 g/mol. The predicted octanol–water partition coefficient (Wildman–Crippen LogP) is 13.1. The molecule has 0 aliphatic heterocycles. The van der Waals surface area contributed by atoms with Crippen LogP contribution in [0.25, 0.3) is 99.2 Å². The molecule has 11 rings (SSSR count). The molecule has 0 N–H and O–H groups in total. The highest BCUT2D eigenvalue weighted by Crippen LogP contribution is 2.43. The SMILES string of the molecule is c1ccc(-c2ccc(-c3cccc(-n4c5ccccc5c5ccc6c(c7ccccc7n6-c6ccc7c(c6)oc6ccccc67)c54)c3)cc2)cc1. The summed E-state index contributed by atoms with van der Waals surface area (Å²) in [5, 5.41) is 7.22. The van der Waals surface area contributed by atoms with E-state index in [2.05, 4.69) is 179 Å². The van der Waals surface area contributed by atoms with Crippen LogP contribution in [0.3, 0.4) is 0 Å². The smallest absolute Gasteiger partial charge is 0.137 e. The minimum Gasteiger partial charge on any atom is -0.456 e. The van der Waals surface area contributed by atoms with Crippen molar-refractivity contribution in [2.24, 2.45) is 0 Å². The fraction of sp³-hybridized carbons (Fsp3) is 0. The summed E-state index contributed by atoms with van der Waals surface area (Å²) in [4.78, 5) is 0. The molecule has 51 heavy (non-hydrogen) atoms. The van der Waals surface area contributed by atoms with Crippen molar-refractivity contribution >= 4 is 65.6 Å². The van der Waals surface area contributed by atoms with Gasteiger partial charge in [-0.25, -0.2) is 0 Å². The first-order chi connectivity index (χ1) is 25.3. The van der Waals surface area contributed by atoms with Gasteiger partial charge in [0.05, 0.1) is 22.1 Å². The van der Waals surface area contributed by atoms with Gasteiger partial charge in [-0.2, -0.15) is 0 Å². The molecule has 0 amide bonds. The predicted molar refractivity (Wildman–Crippen MR) is 213 cm³/mol. The summed E-state index contributed by atoms with van der Waals surface area (Å²) in [7, 11) is 0. The van der Waals surface area contributed by atoms with Gasteiger partial charge in [-0.15, -0.1) is 0 Å². The number of para-hydroxylation sites is 3. The first kappa shape index (κ1) is 28.0. The molecule has 0 radical (unpaired) electrons. The number of benzene rings is 8. The monoisotopic (exact) mass is 650 g/mol. The van der Waals surface area contributed by atoms with Crippen LogP contribution < -0.4 is 0 Å². The van der Waals surface area contributed by atoms with E-state index in [4.69, 9.17) is 4.42 Å². The second-order valence-electron chi connectivity index (χ2n) is 13.3. The lowest BCUT2D eigenvalue weighted by molar-refractivity contribution is 0.668. The molecule has 0 saturated heterocycles. The van der Waals surface area contributed by atoms with E-state index in [9.17, 15) is 0 Å². The molecule has 0 aliphatic carbocycles. The minimum absolute atomic E-state index is 0.892. The molecule has 0 spiro atoms. The standard InChI is InChI=1S/C48H30N2O/c1-2-11-31(12-3-1)32-21-23-33(24-22-32)34-13-10-14-35(29-34)50-42-18-7-4-15-37(42)40-27-28-44-47(48(40)50)41-17-5-8-19-43(41)49(44)36-25-26-39-38-16-6-9-20-45(38)51-46(39)30-36/h1-30H. The van der Waals surface area contributed by atoms with Crippen LogP contribution in [0.15, 0.2) is 186 Å². The van der Waals surface area contributed by atoms with Crippen molar-refractivity contribution in [1.29, 1.82) is 0 Å². The van der Waals surface area contributed by atoms with Gasteiger partial charge in [0.15, 0.2) is 0 Å². The van der Waals surface area contributed by atoms with E-state index >= 15 is 0 Å². The van der Waals surface area contributed by atoms with Gasteiger partial charge in [0.25, 0.3) is 0 Å².